The van der Waals surface area contributed by atoms with E-state index in [4.69, 9.17) is 4.98 Å². The molecule has 0 unspecified atom stereocenters. The SMILES string of the molecule is Cc1nc2ccccc2n1[C@H]1C[C@H]2CC[C@@H](C1)N2CCC1(c2cccc(C(C)C)c2)CCN(C(=O)c2cccc(C(=O)O)c2)CC1. The molecule has 1 aromatic heterocycles. The number of carboxylic acid groups (broad SMARTS) is 1. The van der Waals surface area contributed by atoms with E-state index in [-0.39, 0.29) is 16.9 Å². The fourth-order valence-corrected chi connectivity index (χ4v) is 8.81. The highest BCUT2D eigenvalue weighted by molar-refractivity contribution is 5.97. The number of carboxylic acids is 1. The van der Waals surface area contributed by atoms with Crippen molar-refractivity contribution in [1.82, 2.24) is 19.4 Å². The average Bonchev–Trinajstić information content (AvgIpc) is 3.53. The molecule has 3 aliphatic rings. The van der Waals surface area contributed by atoms with Gasteiger partial charge in [-0.15, -0.1) is 0 Å². The maximum Gasteiger partial charge on any atom is 0.335 e. The monoisotopic (exact) mass is 618 g/mol. The van der Waals surface area contributed by atoms with Crippen LogP contribution in [0.25, 0.3) is 11.0 Å². The summed E-state index contributed by atoms with van der Waals surface area (Å²) in [6, 6.07) is 25.9. The summed E-state index contributed by atoms with van der Waals surface area (Å²) in [4.78, 5) is 34.7. The maximum absolute atomic E-state index is 13.5. The van der Waals surface area contributed by atoms with Gasteiger partial charge >= 0.3 is 5.97 Å². The Kier molecular flexibility index (Phi) is 8.22. The first kappa shape index (κ1) is 30.7. The van der Waals surface area contributed by atoms with Crippen LogP contribution >= 0.6 is 0 Å². The van der Waals surface area contributed by atoms with E-state index in [1.807, 2.05) is 4.90 Å². The van der Waals surface area contributed by atoms with Gasteiger partial charge in [0.05, 0.1) is 16.6 Å². The molecule has 3 fully saturated rings. The van der Waals surface area contributed by atoms with Gasteiger partial charge in [-0.3, -0.25) is 9.69 Å². The van der Waals surface area contributed by atoms with E-state index in [1.54, 1.807) is 12.1 Å². The molecular weight excluding hydrogens is 572 g/mol. The highest BCUT2D eigenvalue weighted by Gasteiger charge is 2.44. The third-order valence-electron chi connectivity index (χ3n) is 11.4. The lowest BCUT2D eigenvalue weighted by atomic mass is 9.69. The average molecular weight is 619 g/mol. The molecule has 0 saturated carbocycles. The fourth-order valence-electron chi connectivity index (χ4n) is 8.81. The number of imidazole rings is 1. The third kappa shape index (κ3) is 5.63. The van der Waals surface area contributed by atoms with Crippen LogP contribution in [0.1, 0.15) is 108 Å². The molecule has 46 heavy (non-hydrogen) atoms. The number of amides is 1. The lowest BCUT2D eigenvalue weighted by molar-refractivity contribution is 0.0607. The van der Waals surface area contributed by atoms with Gasteiger partial charge in [0.1, 0.15) is 5.82 Å². The Hall–Kier alpha value is -3.97. The van der Waals surface area contributed by atoms with Gasteiger partial charge in [0.2, 0.25) is 0 Å². The minimum absolute atomic E-state index is 0.00196. The number of hydrogen-bond acceptors (Lipinski definition) is 4. The van der Waals surface area contributed by atoms with E-state index in [0.29, 0.717) is 42.7 Å². The van der Waals surface area contributed by atoms with Crippen LogP contribution in [0.2, 0.25) is 0 Å². The van der Waals surface area contributed by atoms with Crippen molar-refractivity contribution in [2.45, 2.75) is 95.2 Å². The van der Waals surface area contributed by atoms with Crippen molar-refractivity contribution in [2.75, 3.05) is 19.6 Å². The molecule has 2 bridgehead atoms. The van der Waals surface area contributed by atoms with Crippen LogP contribution in [0.3, 0.4) is 0 Å². The molecule has 1 amide bonds. The van der Waals surface area contributed by atoms with E-state index < -0.39 is 5.97 Å². The quantitative estimate of drug-likeness (QED) is 0.220. The van der Waals surface area contributed by atoms with Crippen molar-refractivity contribution in [3.8, 4) is 0 Å². The molecule has 7 rings (SSSR count). The molecule has 7 heteroatoms. The Morgan fingerprint density at radius 3 is 2.30 bits per heavy atom. The summed E-state index contributed by atoms with van der Waals surface area (Å²) in [6.45, 7) is 9.08. The van der Waals surface area contributed by atoms with Crippen LogP contribution in [0.15, 0.2) is 72.8 Å². The van der Waals surface area contributed by atoms with Gasteiger partial charge < -0.3 is 14.6 Å². The van der Waals surface area contributed by atoms with Crippen molar-refractivity contribution < 1.29 is 14.7 Å². The van der Waals surface area contributed by atoms with Gasteiger partial charge in [-0.05, 0) is 111 Å². The van der Waals surface area contributed by atoms with Gasteiger partial charge in [-0.1, -0.05) is 56.3 Å². The van der Waals surface area contributed by atoms with Crippen molar-refractivity contribution in [1.29, 1.82) is 0 Å². The Bertz CT molecular complexity index is 1740. The molecule has 4 aromatic rings. The Morgan fingerprint density at radius 2 is 1.59 bits per heavy atom. The zero-order valence-electron chi connectivity index (χ0n) is 27.4. The largest absolute Gasteiger partial charge is 0.478 e. The maximum atomic E-state index is 13.5. The minimum atomic E-state index is -1.01. The van der Waals surface area contributed by atoms with Crippen LogP contribution in [-0.2, 0) is 5.41 Å². The van der Waals surface area contributed by atoms with E-state index in [9.17, 15) is 14.7 Å². The summed E-state index contributed by atoms with van der Waals surface area (Å²) in [5, 5.41) is 9.45. The van der Waals surface area contributed by atoms with Gasteiger partial charge in [-0.25, -0.2) is 9.78 Å². The number of aromatic nitrogens is 2. The first-order chi connectivity index (χ1) is 22.2. The molecule has 1 N–H and O–H groups in total. The highest BCUT2D eigenvalue weighted by Crippen LogP contribution is 2.45. The lowest BCUT2D eigenvalue weighted by Crippen LogP contribution is -2.49. The number of fused-ring (bicyclic) bond motifs is 3. The van der Waals surface area contributed by atoms with Gasteiger partial charge in [0.25, 0.3) is 5.91 Å². The number of carbonyl (C=O) groups is 2. The first-order valence-electron chi connectivity index (χ1n) is 17.1. The number of benzene rings is 3. The van der Waals surface area contributed by atoms with Crippen molar-refractivity contribution in [2.24, 2.45) is 0 Å². The van der Waals surface area contributed by atoms with Crippen LogP contribution in [0, 0.1) is 6.92 Å². The molecule has 7 nitrogen and oxygen atoms in total. The summed E-state index contributed by atoms with van der Waals surface area (Å²) in [5.41, 5.74) is 5.73. The predicted molar refractivity (Wildman–Crippen MR) is 182 cm³/mol. The number of aryl methyl sites for hydroxylation is 1. The van der Waals surface area contributed by atoms with Crippen LogP contribution in [-0.4, -0.2) is 68.1 Å². The molecule has 0 aliphatic carbocycles. The lowest BCUT2D eigenvalue weighted by Gasteiger charge is -2.46. The molecule has 4 heterocycles. The van der Waals surface area contributed by atoms with E-state index >= 15 is 0 Å². The molecule has 3 aliphatic heterocycles. The Labute approximate surface area is 272 Å². The molecule has 3 saturated heterocycles. The Morgan fingerprint density at radius 1 is 0.891 bits per heavy atom. The zero-order valence-corrected chi connectivity index (χ0v) is 27.4. The molecule has 0 radical (unpaired) electrons. The number of carbonyl (C=O) groups excluding carboxylic acids is 1. The summed E-state index contributed by atoms with van der Waals surface area (Å²) in [7, 11) is 0. The smallest absolute Gasteiger partial charge is 0.335 e. The van der Waals surface area contributed by atoms with Crippen molar-refractivity contribution >= 4 is 22.9 Å². The predicted octanol–water partition coefficient (Wildman–Crippen LogP) is 7.60. The molecule has 3 atom stereocenters. The summed E-state index contributed by atoms with van der Waals surface area (Å²) in [5.74, 6) is 0.496. The van der Waals surface area contributed by atoms with Gasteiger partial charge in [0, 0.05) is 36.8 Å². The molecular formula is C39H46N4O3. The number of likely N-dealkylation sites (tertiary alicyclic amines) is 1. The van der Waals surface area contributed by atoms with Crippen molar-refractivity contribution in [3.63, 3.8) is 0 Å². The number of para-hydroxylation sites is 2. The van der Waals surface area contributed by atoms with E-state index in [2.05, 4.69) is 78.8 Å². The topological polar surface area (TPSA) is 78.7 Å². The second-order valence-corrected chi connectivity index (χ2v) is 14.3. The van der Waals surface area contributed by atoms with E-state index in [1.165, 1.54) is 54.5 Å². The number of rotatable bonds is 8. The normalized spacial score (nSPS) is 22.9. The first-order valence-corrected chi connectivity index (χ1v) is 17.1. The summed E-state index contributed by atoms with van der Waals surface area (Å²) < 4.78 is 2.51. The second-order valence-electron chi connectivity index (χ2n) is 14.3. The van der Waals surface area contributed by atoms with Gasteiger partial charge in [0.15, 0.2) is 0 Å². The number of nitrogens with zero attached hydrogens (tertiary/aromatic N) is 4. The fraction of sp³-hybridized carbons (Fsp3) is 0.462. The summed E-state index contributed by atoms with van der Waals surface area (Å²) in [6.07, 6.45) is 7.77. The highest BCUT2D eigenvalue weighted by atomic mass is 16.4. The Balaban J connectivity index is 1.09. The molecule has 3 aromatic carbocycles. The number of aromatic carboxylic acids is 1. The van der Waals surface area contributed by atoms with Gasteiger partial charge in [-0.2, -0.15) is 0 Å². The zero-order chi connectivity index (χ0) is 32.0. The van der Waals surface area contributed by atoms with Crippen LogP contribution < -0.4 is 0 Å². The van der Waals surface area contributed by atoms with Crippen molar-refractivity contribution in [3.05, 3.63) is 101 Å². The van der Waals surface area contributed by atoms with E-state index in [0.717, 1.165) is 37.1 Å². The van der Waals surface area contributed by atoms with Crippen LogP contribution in [0.5, 0.6) is 0 Å². The summed E-state index contributed by atoms with van der Waals surface area (Å²) >= 11 is 0. The molecule has 240 valence electrons. The number of piperidine rings is 2. The standard InChI is InChI=1S/C39H46N4O3/c1-26(2)28-8-7-11-31(23-28)39(16-19-41(20-17-39)37(44)29-9-6-10-30(22-29)38(45)46)18-21-42-32-14-15-33(42)25-34(24-32)43-27(3)40-35-12-4-5-13-36(35)43/h4-13,22-23,26,32-34H,14-21,24-25H2,1-3H3,(H,45,46)/t32-,33+,34+. The number of hydrogen-bond donors (Lipinski definition) is 1. The molecule has 0 spiro atoms. The second kappa shape index (κ2) is 12.3. The van der Waals surface area contributed by atoms with Crippen LogP contribution in [0.4, 0.5) is 0 Å². The minimum Gasteiger partial charge on any atom is -0.478 e. The third-order valence-corrected chi connectivity index (χ3v) is 11.4.